The Morgan fingerprint density at radius 3 is 2.76 bits per heavy atom. The maximum absolute atomic E-state index is 12.6. The van der Waals surface area contributed by atoms with Crippen LogP contribution < -0.4 is 10.6 Å². The summed E-state index contributed by atoms with van der Waals surface area (Å²) in [6.07, 6.45) is 8.78. The van der Waals surface area contributed by atoms with Gasteiger partial charge in [0.2, 0.25) is 5.95 Å². The van der Waals surface area contributed by atoms with Gasteiger partial charge in [0.15, 0.2) is 0 Å². The van der Waals surface area contributed by atoms with E-state index < -0.39 is 0 Å². The molecule has 11 heteroatoms. The normalized spacial score (nSPS) is 11.1. The molecule has 1 amide bonds. The first-order chi connectivity index (χ1) is 16.0. The maximum atomic E-state index is 12.6. The van der Waals surface area contributed by atoms with Crippen LogP contribution in [0.1, 0.15) is 16.3 Å². The second kappa shape index (κ2) is 8.40. The fourth-order valence-electron chi connectivity index (χ4n) is 3.45. The highest BCUT2D eigenvalue weighted by molar-refractivity contribution is 6.35. The van der Waals surface area contributed by atoms with Gasteiger partial charge in [-0.2, -0.15) is 0 Å². The molecule has 0 saturated heterocycles. The Morgan fingerprint density at radius 2 is 2.00 bits per heavy atom. The summed E-state index contributed by atoms with van der Waals surface area (Å²) in [4.78, 5) is 33.1. The summed E-state index contributed by atoms with van der Waals surface area (Å²) >= 11 is 6.49. The van der Waals surface area contributed by atoms with Crippen LogP contribution in [0.5, 0.6) is 0 Å². The lowest BCUT2D eigenvalue weighted by molar-refractivity contribution is 0.0945. The lowest BCUT2D eigenvalue weighted by Gasteiger charge is -2.07. The van der Waals surface area contributed by atoms with E-state index in [1.54, 1.807) is 36.9 Å². The first-order valence-corrected chi connectivity index (χ1v) is 10.5. The Hall–Kier alpha value is -4.18. The van der Waals surface area contributed by atoms with Crippen molar-refractivity contribution < 1.29 is 4.79 Å². The van der Waals surface area contributed by atoms with E-state index in [2.05, 4.69) is 35.6 Å². The SMILES string of the molecule is Cn1cnc(-c2ccnc(Nc3cc(Cl)c4[nH]c(C(=O)NCc5nccn5C)cc4c3)n2)c1. The Labute approximate surface area is 193 Å². The number of carbonyl (C=O) groups is 1. The third-order valence-corrected chi connectivity index (χ3v) is 5.43. The molecule has 33 heavy (non-hydrogen) atoms. The van der Waals surface area contributed by atoms with E-state index in [9.17, 15) is 4.79 Å². The number of nitrogens with zero attached hydrogens (tertiary/aromatic N) is 6. The molecule has 0 aliphatic carbocycles. The van der Waals surface area contributed by atoms with Crippen molar-refractivity contribution in [1.29, 1.82) is 0 Å². The number of imidazole rings is 2. The molecule has 0 saturated carbocycles. The summed E-state index contributed by atoms with van der Waals surface area (Å²) in [5, 5.41) is 7.29. The number of aromatic amines is 1. The van der Waals surface area contributed by atoms with E-state index in [1.165, 1.54) is 0 Å². The van der Waals surface area contributed by atoms with Gasteiger partial charge >= 0.3 is 0 Å². The van der Waals surface area contributed by atoms with E-state index >= 15 is 0 Å². The highest BCUT2D eigenvalue weighted by Crippen LogP contribution is 2.29. The number of rotatable bonds is 6. The van der Waals surface area contributed by atoms with E-state index in [1.807, 2.05) is 41.7 Å². The van der Waals surface area contributed by atoms with Gasteiger partial charge in [0.1, 0.15) is 17.2 Å². The second-order valence-corrected chi connectivity index (χ2v) is 7.96. The Kier molecular flexibility index (Phi) is 5.27. The fourth-order valence-corrected chi connectivity index (χ4v) is 3.73. The molecule has 0 bridgehead atoms. The average Bonchev–Trinajstić information content (AvgIpc) is 3.52. The monoisotopic (exact) mass is 461 g/mol. The first-order valence-electron chi connectivity index (χ1n) is 10.1. The largest absolute Gasteiger partial charge is 0.349 e. The van der Waals surface area contributed by atoms with Crippen molar-refractivity contribution in [2.45, 2.75) is 6.54 Å². The molecule has 0 aliphatic rings. The van der Waals surface area contributed by atoms with Crippen LogP contribution in [0.4, 0.5) is 11.6 Å². The molecule has 5 rings (SSSR count). The van der Waals surface area contributed by atoms with E-state index in [0.717, 1.165) is 16.9 Å². The third kappa shape index (κ3) is 4.28. The van der Waals surface area contributed by atoms with Gasteiger partial charge in [0.05, 0.1) is 29.1 Å². The van der Waals surface area contributed by atoms with Gasteiger partial charge in [-0.25, -0.2) is 19.9 Å². The number of benzene rings is 1. The molecule has 3 N–H and O–H groups in total. The molecule has 0 fully saturated rings. The number of aryl methyl sites for hydroxylation is 2. The number of H-pyrrole nitrogens is 1. The van der Waals surface area contributed by atoms with E-state index in [4.69, 9.17) is 11.6 Å². The minimum Gasteiger partial charge on any atom is -0.349 e. The van der Waals surface area contributed by atoms with Crippen LogP contribution in [0.2, 0.25) is 5.02 Å². The zero-order valence-electron chi connectivity index (χ0n) is 17.9. The zero-order chi connectivity index (χ0) is 22.9. The van der Waals surface area contributed by atoms with Crippen LogP contribution in [0, 0.1) is 0 Å². The molecule has 0 spiro atoms. The topological polar surface area (TPSA) is 118 Å². The number of nitrogens with one attached hydrogen (secondary N) is 3. The minimum absolute atomic E-state index is 0.244. The van der Waals surface area contributed by atoms with Gasteiger partial charge in [-0.1, -0.05) is 11.6 Å². The van der Waals surface area contributed by atoms with Crippen molar-refractivity contribution in [3.05, 3.63) is 71.9 Å². The Morgan fingerprint density at radius 1 is 1.12 bits per heavy atom. The molecule has 4 heterocycles. The highest BCUT2D eigenvalue weighted by Gasteiger charge is 2.14. The molecule has 1 aromatic carbocycles. The summed E-state index contributed by atoms with van der Waals surface area (Å²) in [7, 11) is 3.78. The molecule has 166 valence electrons. The van der Waals surface area contributed by atoms with Crippen molar-refractivity contribution in [2.24, 2.45) is 14.1 Å². The van der Waals surface area contributed by atoms with Crippen LogP contribution in [0.25, 0.3) is 22.3 Å². The van der Waals surface area contributed by atoms with Gasteiger partial charge < -0.3 is 24.8 Å². The number of aromatic nitrogens is 7. The Bertz CT molecular complexity index is 1470. The zero-order valence-corrected chi connectivity index (χ0v) is 18.6. The van der Waals surface area contributed by atoms with E-state index in [-0.39, 0.29) is 5.91 Å². The van der Waals surface area contributed by atoms with Gasteiger partial charge in [0.25, 0.3) is 5.91 Å². The predicted octanol–water partition coefficient (Wildman–Crippen LogP) is 3.42. The number of hydrogen-bond acceptors (Lipinski definition) is 6. The van der Waals surface area contributed by atoms with Crippen molar-refractivity contribution in [1.82, 2.24) is 39.4 Å². The van der Waals surface area contributed by atoms with Gasteiger partial charge in [0, 0.05) is 50.0 Å². The molecule has 0 radical (unpaired) electrons. The minimum atomic E-state index is -0.244. The van der Waals surface area contributed by atoms with Crippen molar-refractivity contribution >= 4 is 40.0 Å². The number of halogens is 1. The molecular weight excluding hydrogens is 442 g/mol. The van der Waals surface area contributed by atoms with Crippen molar-refractivity contribution in [3.8, 4) is 11.4 Å². The van der Waals surface area contributed by atoms with Crippen LogP contribution in [-0.4, -0.2) is 40.0 Å². The number of amides is 1. The quantitative estimate of drug-likeness (QED) is 0.356. The van der Waals surface area contributed by atoms with Gasteiger partial charge in [-0.05, 0) is 24.3 Å². The summed E-state index contributed by atoms with van der Waals surface area (Å²) < 4.78 is 3.71. The van der Waals surface area contributed by atoms with Crippen LogP contribution in [-0.2, 0) is 20.6 Å². The third-order valence-electron chi connectivity index (χ3n) is 5.13. The molecule has 0 aliphatic heterocycles. The fraction of sp³-hybridized carbons (Fsp3) is 0.136. The number of hydrogen-bond donors (Lipinski definition) is 3. The lowest BCUT2D eigenvalue weighted by Crippen LogP contribution is -2.24. The van der Waals surface area contributed by atoms with Crippen molar-refractivity contribution in [2.75, 3.05) is 5.32 Å². The molecule has 0 atom stereocenters. The highest BCUT2D eigenvalue weighted by atomic mass is 35.5. The standard InChI is InChI=1S/C22H20ClN9O/c1-31-11-18(27-12-31)16-3-4-25-22(30-16)28-14-7-13-8-17(29-20(13)15(23)9-14)21(33)26-10-19-24-5-6-32(19)2/h3-9,11-12,29H,10H2,1-2H3,(H,26,33)(H,25,28,30). The molecule has 0 unspecified atom stereocenters. The molecule has 10 nitrogen and oxygen atoms in total. The lowest BCUT2D eigenvalue weighted by atomic mass is 10.2. The number of carbonyl (C=O) groups excluding carboxylic acids is 1. The van der Waals surface area contributed by atoms with Crippen LogP contribution in [0.3, 0.4) is 0 Å². The number of anilines is 2. The summed E-state index contributed by atoms with van der Waals surface area (Å²) in [5.41, 5.74) is 3.24. The van der Waals surface area contributed by atoms with Crippen LogP contribution in [0.15, 0.2) is 55.4 Å². The van der Waals surface area contributed by atoms with Crippen LogP contribution >= 0.6 is 11.6 Å². The van der Waals surface area contributed by atoms with Gasteiger partial charge in [-0.3, -0.25) is 4.79 Å². The summed E-state index contributed by atoms with van der Waals surface area (Å²) in [6, 6.07) is 7.19. The Balaban J connectivity index is 1.36. The first kappa shape index (κ1) is 20.7. The number of fused-ring (bicyclic) bond motifs is 1. The smallest absolute Gasteiger partial charge is 0.268 e. The predicted molar refractivity (Wildman–Crippen MR) is 125 cm³/mol. The van der Waals surface area contributed by atoms with E-state index in [0.29, 0.717) is 40.1 Å². The average molecular weight is 462 g/mol. The molecule has 5 aromatic rings. The summed E-state index contributed by atoms with van der Waals surface area (Å²) in [5.74, 6) is 0.931. The van der Waals surface area contributed by atoms with Crippen molar-refractivity contribution in [3.63, 3.8) is 0 Å². The molecule has 4 aromatic heterocycles. The maximum Gasteiger partial charge on any atom is 0.268 e. The molecular formula is C22H20ClN9O. The second-order valence-electron chi connectivity index (χ2n) is 7.56. The summed E-state index contributed by atoms with van der Waals surface area (Å²) in [6.45, 7) is 0.322. The van der Waals surface area contributed by atoms with Gasteiger partial charge in [-0.15, -0.1) is 0 Å².